The highest BCUT2D eigenvalue weighted by Crippen LogP contribution is 2.39. The summed E-state index contributed by atoms with van der Waals surface area (Å²) in [6, 6.07) is 6.60. The van der Waals surface area contributed by atoms with Crippen LogP contribution in [0.3, 0.4) is 0 Å². The van der Waals surface area contributed by atoms with Gasteiger partial charge in [0.05, 0.1) is 37.4 Å². The van der Waals surface area contributed by atoms with Crippen molar-refractivity contribution in [2.24, 2.45) is 0 Å². The number of aromatic nitrogens is 1. The molecule has 2 fully saturated rings. The van der Waals surface area contributed by atoms with Crippen molar-refractivity contribution in [2.45, 2.75) is 45.6 Å². The predicted octanol–water partition coefficient (Wildman–Crippen LogP) is 4.18. The van der Waals surface area contributed by atoms with Gasteiger partial charge in [0.25, 0.3) is 5.91 Å². The van der Waals surface area contributed by atoms with Crippen molar-refractivity contribution in [1.29, 1.82) is 0 Å². The molecule has 0 N–H and O–H groups in total. The average Bonchev–Trinajstić information content (AvgIpc) is 3.05. The van der Waals surface area contributed by atoms with E-state index in [1.54, 1.807) is 24.9 Å². The van der Waals surface area contributed by atoms with E-state index < -0.39 is 11.4 Å². The largest absolute Gasteiger partial charge is 0.378 e. The normalized spacial score (nSPS) is 17.5. The molecule has 188 valence electrons. The Morgan fingerprint density at radius 1 is 1.25 bits per heavy atom. The summed E-state index contributed by atoms with van der Waals surface area (Å²) in [5.74, 6) is -0.881. The molecule has 8 nitrogen and oxygen atoms in total. The van der Waals surface area contributed by atoms with Gasteiger partial charge >= 0.3 is 0 Å². The molecule has 0 spiro atoms. The summed E-state index contributed by atoms with van der Waals surface area (Å²) in [4.78, 5) is 38.2. The van der Waals surface area contributed by atoms with Crippen molar-refractivity contribution < 1.29 is 18.7 Å². The molecule has 1 aromatic heterocycles. The van der Waals surface area contributed by atoms with Gasteiger partial charge in [-0.15, -0.1) is 0 Å². The van der Waals surface area contributed by atoms with E-state index in [1.165, 1.54) is 24.0 Å². The van der Waals surface area contributed by atoms with Gasteiger partial charge in [-0.25, -0.2) is 9.24 Å². The molecule has 0 aliphatic carbocycles. The molecule has 0 saturated carbocycles. The van der Waals surface area contributed by atoms with Gasteiger partial charge in [-0.1, -0.05) is 6.07 Å². The standard InChI is InChI=1S/C26H28FN5O3S/c1-17-20(28-4)10-11-21(23(17)27)31-24(34)26(2,3)32(25(31)36)19-9-8-18(29-16-19)6-5-7-22(33)30-12-14-35-15-13-30/h8-11,16H,5-7,12-15H2,1-3H3. The molecule has 2 aliphatic heterocycles. The molecule has 0 bridgehead atoms. The average molecular weight is 510 g/mol. The molecule has 0 unspecified atom stereocenters. The number of carbonyl (C=O) groups excluding carboxylic acids is 2. The van der Waals surface area contributed by atoms with Crippen molar-refractivity contribution in [1.82, 2.24) is 9.88 Å². The Morgan fingerprint density at radius 2 is 1.97 bits per heavy atom. The van der Waals surface area contributed by atoms with Crippen LogP contribution in [-0.2, 0) is 20.7 Å². The van der Waals surface area contributed by atoms with Crippen molar-refractivity contribution in [3.63, 3.8) is 0 Å². The van der Waals surface area contributed by atoms with E-state index in [2.05, 4.69) is 9.83 Å². The molecule has 36 heavy (non-hydrogen) atoms. The number of hydrogen-bond donors (Lipinski definition) is 0. The number of ether oxygens (including phenoxy) is 1. The molecule has 2 aliphatic rings. The fourth-order valence-electron chi connectivity index (χ4n) is 4.48. The van der Waals surface area contributed by atoms with E-state index in [4.69, 9.17) is 23.5 Å². The molecule has 4 rings (SSSR count). The second-order valence-corrected chi connectivity index (χ2v) is 9.69. The van der Waals surface area contributed by atoms with Crippen molar-refractivity contribution in [3.05, 3.63) is 59.0 Å². The van der Waals surface area contributed by atoms with Gasteiger partial charge in [0, 0.05) is 25.2 Å². The van der Waals surface area contributed by atoms with Gasteiger partial charge in [-0.3, -0.25) is 19.5 Å². The summed E-state index contributed by atoms with van der Waals surface area (Å²) in [7, 11) is 0. The highest BCUT2D eigenvalue weighted by molar-refractivity contribution is 7.81. The van der Waals surface area contributed by atoms with Crippen LogP contribution in [0.15, 0.2) is 30.5 Å². The Hall–Kier alpha value is -3.42. The molecular formula is C26H28FN5O3S. The first-order valence-corrected chi connectivity index (χ1v) is 12.2. The van der Waals surface area contributed by atoms with E-state index in [9.17, 15) is 9.59 Å². The van der Waals surface area contributed by atoms with Gasteiger partial charge in [0.15, 0.2) is 10.8 Å². The molecule has 1 aromatic carbocycles. The number of nitrogens with zero attached hydrogens (tertiary/aromatic N) is 5. The maximum Gasteiger partial charge on any atom is 0.259 e. The quantitative estimate of drug-likeness (QED) is 0.430. The summed E-state index contributed by atoms with van der Waals surface area (Å²) in [6.45, 7) is 14.6. The maximum atomic E-state index is 15.1. The van der Waals surface area contributed by atoms with Crippen LogP contribution in [0.4, 0.5) is 21.5 Å². The summed E-state index contributed by atoms with van der Waals surface area (Å²) in [5, 5.41) is 0.143. The number of thiocarbonyl (C=S) groups is 1. The second kappa shape index (κ2) is 10.3. The topological polar surface area (TPSA) is 70.3 Å². The fourth-order valence-corrected chi connectivity index (χ4v) is 5.00. The van der Waals surface area contributed by atoms with Gasteiger partial charge in [-0.05, 0) is 69.6 Å². The molecule has 0 radical (unpaired) electrons. The molecule has 2 amide bonds. The minimum atomic E-state index is -1.07. The predicted molar refractivity (Wildman–Crippen MR) is 139 cm³/mol. The fraction of sp³-hybridized carbons (Fsp3) is 0.423. The molecule has 10 heteroatoms. The smallest absolute Gasteiger partial charge is 0.259 e. The Bertz CT molecular complexity index is 1240. The number of amides is 2. The summed E-state index contributed by atoms with van der Waals surface area (Å²) >= 11 is 5.63. The number of benzene rings is 1. The first kappa shape index (κ1) is 25.7. The Morgan fingerprint density at radius 3 is 2.61 bits per heavy atom. The minimum Gasteiger partial charge on any atom is -0.378 e. The number of hydrogen-bond acceptors (Lipinski definition) is 5. The summed E-state index contributed by atoms with van der Waals surface area (Å²) in [6.07, 6.45) is 3.43. The third kappa shape index (κ3) is 4.68. The summed E-state index contributed by atoms with van der Waals surface area (Å²) < 4.78 is 20.4. The SMILES string of the molecule is [C-]#[N+]c1ccc(N2C(=O)C(C)(C)N(c3ccc(CCCC(=O)N4CCOCC4)nc3)C2=S)c(F)c1C. The second-order valence-electron chi connectivity index (χ2n) is 9.33. The highest BCUT2D eigenvalue weighted by Gasteiger charge is 2.51. The van der Waals surface area contributed by atoms with E-state index in [0.717, 1.165) is 5.69 Å². The van der Waals surface area contributed by atoms with Gasteiger partial charge in [0.1, 0.15) is 11.4 Å². The van der Waals surface area contributed by atoms with Gasteiger partial charge in [-0.2, -0.15) is 0 Å². The van der Waals surface area contributed by atoms with Crippen molar-refractivity contribution >= 4 is 46.2 Å². The van der Waals surface area contributed by atoms with E-state index in [1.807, 2.05) is 17.0 Å². The minimum absolute atomic E-state index is 0.0278. The van der Waals surface area contributed by atoms with E-state index in [0.29, 0.717) is 51.3 Å². The maximum absolute atomic E-state index is 15.1. The Labute approximate surface area is 215 Å². The van der Waals surface area contributed by atoms with Crippen LogP contribution in [-0.4, -0.2) is 58.7 Å². The van der Waals surface area contributed by atoms with Crippen LogP contribution >= 0.6 is 12.2 Å². The zero-order chi connectivity index (χ0) is 26.0. The van der Waals surface area contributed by atoms with E-state index >= 15 is 4.39 Å². The lowest BCUT2D eigenvalue weighted by Gasteiger charge is -2.29. The van der Waals surface area contributed by atoms with Crippen LogP contribution in [0, 0.1) is 19.3 Å². The number of morpholine rings is 1. The first-order valence-electron chi connectivity index (χ1n) is 11.8. The van der Waals surface area contributed by atoms with Crippen LogP contribution in [0.2, 0.25) is 0 Å². The zero-order valence-electron chi connectivity index (χ0n) is 20.6. The molecule has 2 aromatic rings. The number of pyridine rings is 1. The highest BCUT2D eigenvalue weighted by atomic mass is 32.1. The van der Waals surface area contributed by atoms with Crippen LogP contribution < -0.4 is 9.80 Å². The first-order chi connectivity index (χ1) is 17.2. The van der Waals surface area contributed by atoms with E-state index in [-0.39, 0.29) is 33.9 Å². The van der Waals surface area contributed by atoms with Crippen molar-refractivity contribution in [2.75, 3.05) is 36.1 Å². The molecular weight excluding hydrogens is 481 g/mol. The number of carbonyl (C=O) groups is 2. The molecule has 0 atom stereocenters. The summed E-state index contributed by atoms with van der Waals surface area (Å²) in [5.41, 5.74) is 0.771. The molecule has 3 heterocycles. The number of halogens is 1. The lowest BCUT2D eigenvalue weighted by Crippen LogP contribution is -2.44. The zero-order valence-corrected chi connectivity index (χ0v) is 21.4. The number of aryl methyl sites for hydroxylation is 1. The lowest BCUT2D eigenvalue weighted by atomic mass is 10.0. The van der Waals surface area contributed by atoms with Gasteiger partial charge < -0.3 is 14.5 Å². The number of anilines is 2. The third-order valence-electron chi connectivity index (χ3n) is 6.62. The monoisotopic (exact) mass is 509 g/mol. The Kier molecular flexibility index (Phi) is 7.33. The van der Waals surface area contributed by atoms with Crippen LogP contribution in [0.1, 0.15) is 37.9 Å². The van der Waals surface area contributed by atoms with Crippen LogP contribution in [0.5, 0.6) is 0 Å². The number of rotatable bonds is 6. The molecule has 2 saturated heterocycles. The Balaban J connectivity index is 1.47. The third-order valence-corrected chi connectivity index (χ3v) is 6.99. The van der Waals surface area contributed by atoms with Crippen LogP contribution in [0.25, 0.3) is 4.85 Å². The van der Waals surface area contributed by atoms with Crippen molar-refractivity contribution in [3.8, 4) is 0 Å². The van der Waals surface area contributed by atoms with Gasteiger partial charge in [0.2, 0.25) is 5.91 Å². The lowest BCUT2D eigenvalue weighted by molar-refractivity contribution is -0.135.